The number of nitro groups is 1. The lowest BCUT2D eigenvalue weighted by Crippen LogP contribution is -2.09. The summed E-state index contributed by atoms with van der Waals surface area (Å²) >= 11 is 3.42. The first kappa shape index (κ1) is 16.1. The molecule has 0 saturated heterocycles. The Morgan fingerprint density at radius 2 is 2.12 bits per heavy atom. The summed E-state index contributed by atoms with van der Waals surface area (Å²) in [7, 11) is 0. The Morgan fingerprint density at radius 1 is 1.33 bits per heavy atom. The Labute approximate surface area is 145 Å². The normalized spacial score (nSPS) is 10.8. The van der Waals surface area contributed by atoms with Gasteiger partial charge >= 0.3 is 0 Å². The van der Waals surface area contributed by atoms with Crippen molar-refractivity contribution in [2.45, 2.75) is 13.5 Å². The fourth-order valence-corrected chi connectivity index (χ4v) is 2.83. The van der Waals surface area contributed by atoms with Crippen molar-refractivity contribution >= 4 is 38.2 Å². The number of nitrogens with one attached hydrogen (secondary N) is 2. The molecule has 0 atom stereocenters. The molecule has 24 heavy (non-hydrogen) atoms. The van der Waals surface area contributed by atoms with E-state index in [1.165, 1.54) is 18.5 Å². The third kappa shape index (κ3) is 3.13. The first-order valence-corrected chi connectivity index (χ1v) is 7.90. The molecular weight excluding hydrogens is 376 g/mol. The number of fused-ring (bicyclic) bond motifs is 1. The van der Waals surface area contributed by atoms with Crippen molar-refractivity contribution in [3.05, 3.63) is 72.7 Å². The summed E-state index contributed by atoms with van der Waals surface area (Å²) in [6.45, 7) is 2.39. The average Bonchev–Trinajstić information content (AvgIpc) is 2.55. The van der Waals surface area contributed by atoms with Crippen molar-refractivity contribution in [1.29, 1.82) is 0 Å². The highest BCUT2D eigenvalue weighted by atomic mass is 79.9. The predicted octanol–water partition coefficient (Wildman–Crippen LogP) is 3.51. The zero-order valence-corrected chi connectivity index (χ0v) is 14.3. The van der Waals surface area contributed by atoms with Gasteiger partial charge < -0.3 is 10.3 Å². The van der Waals surface area contributed by atoms with Crippen LogP contribution in [0.2, 0.25) is 0 Å². The molecular formula is C16H13BrN4O3. The third-order valence-corrected chi connectivity index (χ3v) is 4.23. The van der Waals surface area contributed by atoms with Crippen LogP contribution < -0.4 is 10.9 Å². The summed E-state index contributed by atoms with van der Waals surface area (Å²) in [4.78, 5) is 29.1. The van der Waals surface area contributed by atoms with E-state index in [0.717, 1.165) is 15.6 Å². The molecule has 2 N–H and O–H groups in total. The van der Waals surface area contributed by atoms with Crippen molar-refractivity contribution in [2.24, 2.45) is 0 Å². The van der Waals surface area contributed by atoms with Gasteiger partial charge in [0.1, 0.15) is 5.69 Å². The number of rotatable bonds is 4. The molecule has 0 spiro atoms. The molecule has 1 heterocycles. The summed E-state index contributed by atoms with van der Waals surface area (Å²) in [5.74, 6) is 0. The molecule has 0 radical (unpaired) electrons. The SMILES string of the molecule is Cc1ccc(Br)cc1CNc1cc2nc[nH]c(=O)c2cc1[N+](=O)[O-]. The zero-order valence-electron chi connectivity index (χ0n) is 12.7. The fourth-order valence-electron chi connectivity index (χ4n) is 2.42. The Kier molecular flexibility index (Phi) is 4.30. The lowest BCUT2D eigenvalue weighted by atomic mass is 10.1. The monoisotopic (exact) mass is 388 g/mol. The molecule has 0 aliphatic heterocycles. The largest absolute Gasteiger partial charge is 0.375 e. The zero-order chi connectivity index (χ0) is 17.3. The molecule has 0 bridgehead atoms. The summed E-state index contributed by atoms with van der Waals surface area (Å²) in [5.41, 5.74) is 2.25. The Balaban J connectivity index is 2.02. The second kappa shape index (κ2) is 6.40. The molecule has 1 aromatic heterocycles. The minimum atomic E-state index is -0.512. The van der Waals surface area contributed by atoms with Gasteiger partial charge in [0, 0.05) is 17.1 Å². The summed E-state index contributed by atoms with van der Waals surface area (Å²) in [5, 5.41) is 14.6. The lowest BCUT2D eigenvalue weighted by Gasteiger charge is -2.10. The van der Waals surface area contributed by atoms with Gasteiger partial charge in [0.15, 0.2) is 0 Å². The number of nitrogens with zero attached hydrogens (tertiary/aromatic N) is 2. The van der Waals surface area contributed by atoms with E-state index < -0.39 is 10.5 Å². The summed E-state index contributed by atoms with van der Waals surface area (Å²) < 4.78 is 0.936. The van der Waals surface area contributed by atoms with Crippen LogP contribution >= 0.6 is 15.9 Å². The van der Waals surface area contributed by atoms with Gasteiger partial charge in [0.05, 0.1) is 22.2 Å². The molecule has 0 fully saturated rings. The van der Waals surface area contributed by atoms with Crippen LogP contribution in [0.25, 0.3) is 10.9 Å². The first-order chi connectivity index (χ1) is 11.5. The van der Waals surface area contributed by atoms with Crippen molar-refractivity contribution in [3.63, 3.8) is 0 Å². The molecule has 0 amide bonds. The fraction of sp³-hybridized carbons (Fsp3) is 0.125. The van der Waals surface area contributed by atoms with Gasteiger partial charge in [-0.25, -0.2) is 4.98 Å². The molecule has 8 heteroatoms. The molecule has 0 aliphatic rings. The average molecular weight is 389 g/mol. The number of anilines is 1. The maximum absolute atomic E-state index is 11.8. The molecule has 7 nitrogen and oxygen atoms in total. The van der Waals surface area contributed by atoms with E-state index in [1.807, 2.05) is 25.1 Å². The summed E-state index contributed by atoms with van der Waals surface area (Å²) in [6.07, 6.45) is 1.28. The highest BCUT2D eigenvalue weighted by Crippen LogP contribution is 2.28. The number of H-pyrrole nitrogens is 1. The minimum Gasteiger partial charge on any atom is -0.375 e. The van der Waals surface area contributed by atoms with Crippen molar-refractivity contribution in [2.75, 3.05) is 5.32 Å². The van der Waals surface area contributed by atoms with Crippen LogP contribution in [-0.4, -0.2) is 14.9 Å². The number of aromatic nitrogens is 2. The number of hydrogen-bond donors (Lipinski definition) is 2. The molecule has 0 unspecified atom stereocenters. The number of aryl methyl sites for hydroxylation is 1. The van der Waals surface area contributed by atoms with Crippen molar-refractivity contribution in [3.8, 4) is 0 Å². The maximum Gasteiger partial charge on any atom is 0.293 e. The maximum atomic E-state index is 11.8. The van der Waals surface area contributed by atoms with Crippen LogP contribution in [0.4, 0.5) is 11.4 Å². The van der Waals surface area contributed by atoms with Crippen LogP contribution in [0.5, 0.6) is 0 Å². The van der Waals surface area contributed by atoms with E-state index >= 15 is 0 Å². The van der Waals surface area contributed by atoms with Gasteiger partial charge in [0.2, 0.25) is 0 Å². The molecule has 3 rings (SSSR count). The molecule has 0 aliphatic carbocycles. The van der Waals surface area contributed by atoms with Crippen LogP contribution in [0.15, 0.2) is 45.9 Å². The quantitative estimate of drug-likeness (QED) is 0.525. The van der Waals surface area contributed by atoms with E-state index in [1.54, 1.807) is 0 Å². The third-order valence-electron chi connectivity index (χ3n) is 3.74. The minimum absolute atomic E-state index is 0.159. The highest BCUT2D eigenvalue weighted by Gasteiger charge is 2.17. The highest BCUT2D eigenvalue weighted by molar-refractivity contribution is 9.10. The van der Waals surface area contributed by atoms with Gasteiger partial charge in [-0.15, -0.1) is 0 Å². The number of hydrogen-bond acceptors (Lipinski definition) is 5. The van der Waals surface area contributed by atoms with Crippen molar-refractivity contribution in [1.82, 2.24) is 9.97 Å². The Morgan fingerprint density at radius 3 is 2.88 bits per heavy atom. The molecule has 2 aromatic carbocycles. The number of halogens is 1. The van der Waals surface area contributed by atoms with E-state index in [-0.39, 0.29) is 11.1 Å². The van der Waals surface area contributed by atoms with Crippen LogP contribution in [0.1, 0.15) is 11.1 Å². The Bertz CT molecular complexity index is 1000. The molecule has 3 aromatic rings. The molecule has 0 saturated carbocycles. The van der Waals surface area contributed by atoms with E-state index in [4.69, 9.17) is 0 Å². The van der Waals surface area contributed by atoms with Crippen LogP contribution in [0.3, 0.4) is 0 Å². The van der Waals surface area contributed by atoms with Crippen molar-refractivity contribution < 1.29 is 4.92 Å². The molecule has 122 valence electrons. The Hall–Kier alpha value is -2.74. The second-order valence-corrected chi connectivity index (χ2v) is 6.22. The van der Waals surface area contributed by atoms with Gasteiger partial charge in [-0.1, -0.05) is 22.0 Å². The topological polar surface area (TPSA) is 101 Å². The predicted molar refractivity (Wildman–Crippen MR) is 95.2 cm³/mol. The number of nitro benzene ring substituents is 1. The van der Waals surface area contributed by atoms with Gasteiger partial charge in [0.25, 0.3) is 11.2 Å². The standard InChI is InChI=1S/C16H13BrN4O3/c1-9-2-3-11(17)4-10(9)7-18-14-6-13-12(5-15(14)21(23)24)16(22)20-8-19-13/h2-6,8,18H,7H2,1H3,(H,19,20,22). The van der Waals surface area contributed by atoms with E-state index in [9.17, 15) is 14.9 Å². The number of benzene rings is 2. The number of aromatic amines is 1. The van der Waals surface area contributed by atoms with Crippen LogP contribution in [-0.2, 0) is 6.54 Å². The van der Waals surface area contributed by atoms with E-state index in [0.29, 0.717) is 17.7 Å². The van der Waals surface area contributed by atoms with Gasteiger partial charge in [-0.3, -0.25) is 14.9 Å². The smallest absolute Gasteiger partial charge is 0.293 e. The summed E-state index contributed by atoms with van der Waals surface area (Å²) in [6, 6.07) is 8.63. The van der Waals surface area contributed by atoms with Gasteiger partial charge in [-0.05, 0) is 36.2 Å². The first-order valence-electron chi connectivity index (χ1n) is 7.10. The lowest BCUT2D eigenvalue weighted by molar-refractivity contribution is -0.383. The second-order valence-electron chi connectivity index (χ2n) is 5.30. The van der Waals surface area contributed by atoms with Gasteiger partial charge in [-0.2, -0.15) is 0 Å². The van der Waals surface area contributed by atoms with E-state index in [2.05, 4.69) is 31.2 Å². The van der Waals surface area contributed by atoms with Crippen LogP contribution in [0, 0.1) is 17.0 Å².